The summed E-state index contributed by atoms with van der Waals surface area (Å²) in [6.07, 6.45) is 5.21. The van der Waals surface area contributed by atoms with Gasteiger partial charge < -0.3 is 20.4 Å². The van der Waals surface area contributed by atoms with Crippen LogP contribution in [0.4, 0.5) is 10.5 Å². The van der Waals surface area contributed by atoms with Gasteiger partial charge in [-0.15, -0.1) is 0 Å². The fraction of sp³-hybridized carbons (Fsp3) is 0.417. The van der Waals surface area contributed by atoms with Crippen molar-refractivity contribution in [1.29, 1.82) is 0 Å². The van der Waals surface area contributed by atoms with Crippen molar-refractivity contribution in [2.75, 3.05) is 32.5 Å². The van der Waals surface area contributed by atoms with Crippen LogP contribution in [0.3, 0.4) is 0 Å². The first-order chi connectivity index (χ1) is 15.8. The lowest BCUT2D eigenvalue weighted by atomic mass is 10.0. The second-order valence-electron chi connectivity index (χ2n) is 9.00. The molecule has 3 heterocycles. The van der Waals surface area contributed by atoms with Crippen LogP contribution in [-0.2, 0) is 0 Å². The van der Waals surface area contributed by atoms with E-state index in [1.807, 2.05) is 24.3 Å². The molecule has 4 rings (SSSR count). The summed E-state index contributed by atoms with van der Waals surface area (Å²) in [4.78, 5) is 33.1. The van der Waals surface area contributed by atoms with Crippen molar-refractivity contribution in [3.8, 4) is 11.1 Å². The van der Waals surface area contributed by atoms with E-state index in [4.69, 9.17) is 0 Å². The van der Waals surface area contributed by atoms with Gasteiger partial charge in [-0.25, -0.2) is 4.79 Å². The number of aromatic nitrogens is 3. The molecule has 1 aliphatic rings. The molecule has 1 fully saturated rings. The summed E-state index contributed by atoms with van der Waals surface area (Å²) in [7, 11) is 3.36. The molecule has 0 radical (unpaired) electrons. The first-order valence-electron chi connectivity index (χ1n) is 11.3. The van der Waals surface area contributed by atoms with Crippen LogP contribution in [0.2, 0.25) is 0 Å². The smallest absolute Gasteiger partial charge is 0.321 e. The number of nitrogens with one attached hydrogen (secondary N) is 3. The summed E-state index contributed by atoms with van der Waals surface area (Å²) in [6, 6.07) is 8.10. The Balaban J connectivity index is 1.52. The average molecular weight is 450 g/mol. The number of benzene rings is 1. The largest absolute Gasteiger partial charge is 0.348 e. The number of amides is 3. The zero-order valence-electron chi connectivity index (χ0n) is 19.6. The molecule has 9 heteroatoms. The van der Waals surface area contributed by atoms with Gasteiger partial charge in [0.2, 0.25) is 0 Å². The Hall–Kier alpha value is -3.46. The summed E-state index contributed by atoms with van der Waals surface area (Å²) >= 11 is 0. The first kappa shape index (κ1) is 22.7. The molecule has 2 aromatic heterocycles. The Kier molecular flexibility index (Phi) is 6.60. The molecule has 0 atom stereocenters. The number of hydrogen-bond acceptors (Lipinski definition) is 5. The summed E-state index contributed by atoms with van der Waals surface area (Å²) in [5.41, 5.74) is 3.51. The van der Waals surface area contributed by atoms with Gasteiger partial charge in [-0.3, -0.25) is 14.9 Å². The fourth-order valence-electron chi connectivity index (χ4n) is 4.08. The number of anilines is 1. The van der Waals surface area contributed by atoms with Gasteiger partial charge in [0, 0.05) is 56.4 Å². The first-order valence-corrected chi connectivity index (χ1v) is 11.3. The van der Waals surface area contributed by atoms with Gasteiger partial charge in [-0.05, 0) is 50.5 Å². The summed E-state index contributed by atoms with van der Waals surface area (Å²) in [6.45, 7) is 6.38. The third-order valence-corrected chi connectivity index (χ3v) is 6.10. The Morgan fingerprint density at radius 3 is 2.58 bits per heavy atom. The number of nitrogens with zero attached hydrogens (tertiary/aromatic N) is 4. The number of carbonyl (C=O) groups excluding carboxylic acids is 2. The fourth-order valence-corrected chi connectivity index (χ4v) is 4.08. The second-order valence-corrected chi connectivity index (χ2v) is 9.00. The molecule has 3 amide bonds. The number of rotatable bonds is 5. The van der Waals surface area contributed by atoms with Gasteiger partial charge in [-0.2, -0.15) is 5.10 Å². The van der Waals surface area contributed by atoms with Crippen LogP contribution in [0.25, 0.3) is 22.0 Å². The Bertz CT molecular complexity index is 1150. The highest BCUT2D eigenvalue weighted by molar-refractivity contribution is 6.05. The Labute approximate surface area is 193 Å². The molecule has 0 aliphatic carbocycles. The van der Waals surface area contributed by atoms with Gasteiger partial charge in [0.1, 0.15) is 0 Å². The normalized spacial score (nSPS) is 15.1. The number of urea groups is 1. The third-order valence-electron chi connectivity index (χ3n) is 6.10. The van der Waals surface area contributed by atoms with Crippen LogP contribution in [0, 0.1) is 0 Å². The molecule has 1 aliphatic heterocycles. The van der Waals surface area contributed by atoms with E-state index >= 15 is 0 Å². The second kappa shape index (κ2) is 9.58. The van der Waals surface area contributed by atoms with Crippen LogP contribution < -0.4 is 10.6 Å². The van der Waals surface area contributed by atoms with E-state index in [1.165, 1.54) is 4.90 Å². The van der Waals surface area contributed by atoms with Gasteiger partial charge in [-0.1, -0.05) is 6.07 Å². The van der Waals surface area contributed by atoms with E-state index in [9.17, 15) is 9.59 Å². The summed E-state index contributed by atoms with van der Waals surface area (Å²) in [5.74, 6) is -0.161. The molecule has 1 aromatic carbocycles. The minimum Gasteiger partial charge on any atom is -0.348 e. The standard InChI is InChI=1S/C24H31N7O2/c1-15(2)31-9-7-18(8-10-31)26-23(32)22-20-12-16(5-6-21(20)28-29-22)17-11-19(14-25-13-17)27-24(33)30(3)4/h5-6,11-15,18H,7-10H2,1-4H3,(H,26,32)(H,27,33)(H,28,29). The molecule has 0 unspecified atom stereocenters. The van der Waals surface area contributed by atoms with Crippen molar-refractivity contribution in [3.63, 3.8) is 0 Å². The van der Waals surface area contributed by atoms with Crippen LogP contribution in [0.1, 0.15) is 37.2 Å². The zero-order valence-corrected chi connectivity index (χ0v) is 19.6. The van der Waals surface area contributed by atoms with Crippen LogP contribution in [0.15, 0.2) is 36.7 Å². The number of carbonyl (C=O) groups is 2. The molecule has 174 valence electrons. The maximum absolute atomic E-state index is 13.0. The molecule has 3 N–H and O–H groups in total. The number of fused-ring (bicyclic) bond motifs is 1. The molecule has 0 bridgehead atoms. The van der Waals surface area contributed by atoms with Crippen molar-refractivity contribution >= 4 is 28.5 Å². The SMILES string of the molecule is CC(C)N1CCC(NC(=O)c2n[nH]c3ccc(-c4cncc(NC(=O)N(C)C)c4)cc23)CC1. The molecular formula is C24H31N7O2. The Morgan fingerprint density at radius 2 is 1.88 bits per heavy atom. The molecule has 0 spiro atoms. The minimum absolute atomic E-state index is 0.156. The lowest BCUT2D eigenvalue weighted by molar-refractivity contribution is 0.0897. The molecular weight excluding hydrogens is 418 g/mol. The van der Waals surface area contributed by atoms with Gasteiger partial charge in [0.05, 0.1) is 17.4 Å². The maximum atomic E-state index is 13.0. The van der Waals surface area contributed by atoms with Gasteiger partial charge in [0.15, 0.2) is 5.69 Å². The van der Waals surface area contributed by atoms with E-state index in [2.05, 4.69) is 44.6 Å². The van der Waals surface area contributed by atoms with E-state index in [0.717, 1.165) is 48.0 Å². The predicted octanol–water partition coefficient (Wildman–Crippen LogP) is 3.32. The maximum Gasteiger partial charge on any atom is 0.321 e. The molecule has 1 saturated heterocycles. The molecule has 33 heavy (non-hydrogen) atoms. The topological polar surface area (TPSA) is 106 Å². The quantitative estimate of drug-likeness (QED) is 0.554. The number of piperidine rings is 1. The average Bonchev–Trinajstić information content (AvgIpc) is 3.23. The molecule has 3 aromatic rings. The molecule has 0 saturated carbocycles. The van der Waals surface area contributed by atoms with Gasteiger partial charge in [0.25, 0.3) is 5.91 Å². The summed E-state index contributed by atoms with van der Waals surface area (Å²) < 4.78 is 0. The number of pyridine rings is 1. The zero-order chi connectivity index (χ0) is 23.5. The number of likely N-dealkylation sites (tertiary alicyclic amines) is 1. The lowest BCUT2D eigenvalue weighted by Gasteiger charge is -2.34. The highest BCUT2D eigenvalue weighted by Crippen LogP contribution is 2.27. The van der Waals surface area contributed by atoms with E-state index in [-0.39, 0.29) is 18.0 Å². The van der Waals surface area contributed by atoms with Crippen molar-refractivity contribution in [1.82, 2.24) is 30.3 Å². The number of aromatic amines is 1. The predicted molar refractivity (Wildman–Crippen MR) is 129 cm³/mol. The number of hydrogen-bond donors (Lipinski definition) is 3. The monoisotopic (exact) mass is 449 g/mol. The minimum atomic E-state index is -0.225. The number of H-pyrrole nitrogens is 1. The van der Waals surface area contributed by atoms with Crippen molar-refractivity contribution < 1.29 is 9.59 Å². The highest BCUT2D eigenvalue weighted by Gasteiger charge is 2.24. The van der Waals surface area contributed by atoms with E-state index < -0.39 is 0 Å². The third kappa shape index (κ3) is 5.14. The van der Waals surface area contributed by atoms with Gasteiger partial charge >= 0.3 is 6.03 Å². The molecule has 9 nitrogen and oxygen atoms in total. The Morgan fingerprint density at radius 1 is 1.12 bits per heavy atom. The van der Waals surface area contributed by atoms with Crippen LogP contribution in [-0.4, -0.2) is 76.2 Å². The van der Waals surface area contributed by atoms with Crippen LogP contribution in [0.5, 0.6) is 0 Å². The lowest BCUT2D eigenvalue weighted by Crippen LogP contribution is -2.46. The van der Waals surface area contributed by atoms with E-state index in [1.54, 1.807) is 26.5 Å². The van der Waals surface area contributed by atoms with Crippen molar-refractivity contribution in [3.05, 3.63) is 42.4 Å². The summed E-state index contributed by atoms with van der Waals surface area (Å²) in [5, 5.41) is 14.0. The highest BCUT2D eigenvalue weighted by atomic mass is 16.2. The van der Waals surface area contributed by atoms with Crippen molar-refractivity contribution in [2.24, 2.45) is 0 Å². The van der Waals surface area contributed by atoms with E-state index in [0.29, 0.717) is 17.4 Å². The van der Waals surface area contributed by atoms with Crippen LogP contribution >= 0.6 is 0 Å². The van der Waals surface area contributed by atoms with Crippen molar-refractivity contribution in [2.45, 2.75) is 38.8 Å².